The first kappa shape index (κ1) is 13.6. The van der Waals surface area contributed by atoms with Crippen molar-refractivity contribution in [2.24, 2.45) is 5.92 Å². The number of rotatable bonds is 3. The molecule has 0 bridgehead atoms. The number of piperidine rings is 1. The fourth-order valence-electron chi connectivity index (χ4n) is 2.98. The smallest absolute Gasteiger partial charge is 0.0297 e. The molecule has 0 aromatic heterocycles. The van der Waals surface area contributed by atoms with Gasteiger partial charge in [0.25, 0.3) is 0 Å². The molecule has 1 fully saturated rings. The summed E-state index contributed by atoms with van der Waals surface area (Å²) >= 11 is 0. The van der Waals surface area contributed by atoms with Crippen molar-refractivity contribution in [1.29, 1.82) is 0 Å². The minimum Gasteiger partial charge on any atom is -0.316 e. The maximum absolute atomic E-state index is 3.81. The second kappa shape index (κ2) is 5.85. The molecular weight excluding hydrogens is 220 g/mol. The first-order valence-corrected chi connectivity index (χ1v) is 7.12. The van der Waals surface area contributed by atoms with Crippen LogP contribution < -0.4 is 10.6 Å². The van der Waals surface area contributed by atoms with Gasteiger partial charge in [-0.2, -0.15) is 0 Å². The number of benzene rings is 1. The van der Waals surface area contributed by atoms with E-state index < -0.39 is 0 Å². The van der Waals surface area contributed by atoms with Crippen molar-refractivity contribution < 1.29 is 0 Å². The summed E-state index contributed by atoms with van der Waals surface area (Å²) in [4.78, 5) is 0. The lowest BCUT2D eigenvalue weighted by atomic mass is 9.92. The second-order valence-corrected chi connectivity index (χ2v) is 5.82. The van der Waals surface area contributed by atoms with Crippen LogP contribution in [0.5, 0.6) is 0 Å². The SMILES string of the molecule is Cc1ccc(C(C)NC2CCNCC2C)c(C)c1. The van der Waals surface area contributed by atoms with Gasteiger partial charge in [0.2, 0.25) is 0 Å². The zero-order chi connectivity index (χ0) is 13.1. The zero-order valence-corrected chi connectivity index (χ0v) is 12.1. The quantitative estimate of drug-likeness (QED) is 0.857. The van der Waals surface area contributed by atoms with E-state index in [1.54, 1.807) is 0 Å². The summed E-state index contributed by atoms with van der Waals surface area (Å²) < 4.78 is 0. The van der Waals surface area contributed by atoms with Gasteiger partial charge in [0, 0.05) is 12.1 Å². The lowest BCUT2D eigenvalue weighted by Crippen LogP contribution is -2.47. The Balaban J connectivity index is 2.04. The van der Waals surface area contributed by atoms with Gasteiger partial charge < -0.3 is 10.6 Å². The van der Waals surface area contributed by atoms with Crippen molar-refractivity contribution in [3.63, 3.8) is 0 Å². The average Bonchev–Trinajstić information content (AvgIpc) is 2.32. The predicted molar refractivity (Wildman–Crippen MR) is 77.9 cm³/mol. The van der Waals surface area contributed by atoms with E-state index in [4.69, 9.17) is 0 Å². The van der Waals surface area contributed by atoms with E-state index in [1.165, 1.54) is 23.1 Å². The zero-order valence-electron chi connectivity index (χ0n) is 12.1. The molecular formula is C16H26N2. The Hall–Kier alpha value is -0.860. The summed E-state index contributed by atoms with van der Waals surface area (Å²) in [6, 6.07) is 7.85. The Kier molecular flexibility index (Phi) is 4.41. The molecule has 2 N–H and O–H groups in total. The van der Waals surface area contributed by atoms with Gasteiger partial charge in [0.1, 0.15) is 0 Å². The number of hydrogen-bond acceptors (Lipinski definition) is 2. The van der Waals surface area contributed by atoms with Crippen molar-refractivity contribution in [2.75, 3.05) is 13.1 Å². The average molecular weight is 246 g/mol. The van der Waals surface area contributed by atoms with Crippen molar-refractivity contribution in [2.45, 2.75) is 46.2 Å². The molecule has 100 valence electrons. The van der Waals surface area contributed by atoms with Crippen LogP contribution in [0.3, 0.4) is 0 Å². The van der Waals surface area contributed by atoms with Crippen LogP contribution in [0, 0.1) is 19.8 Å². The minimum atomic E-state index is 0.441. The molecule has 3 atom stereocenters. The van der Waals surface area contributed by atoms with Gasteiger partial charge in [-0.15, -0.1) is 0 Å². The van der Waals surface area contributed by atoms with Crippen LogP contribution >= 0.6 is 0 Å². The molecule has 0 amide bonds. The molecule has 1 aliphatic rings. The molecule has 1 heterocycles. The highest BCUT2D eigenvalue weighted by Gasteiger charge is 2.22. The van der Waals surface area contributed by atoms with E-state index in [1.807, 2.05) is 0 Å². The molecule has 0 saturated carbocycles. The molecule has 1 aromatic rings. The van der Waals surface area contributed by atoms with E-state index in [9.17, 15) is 0 Å². The largest absolute Gasteiger partial charge is 0.316 e. The maximum atomic E-state index is 3.81. The van der Waals surface area contributed by atoms with E-state index in [0.29, 0.717) is 18.0 Å². The van der Waals surface area contributed by atoms with Crippen LogP contribution in [0.25, 0.3) is 0 Å². The van der Waals surface area contributed by atoms with Gasteiger partial charge in [0.05, 0.1) is 0 Å². The summed E-state index contributed by atoms with van der Waals surface area (Å²) in [7, 11) is 0. The van der Waals surface area contributed by atoms with Crippen LogP contribution in [0.4, 0.5) is 0 Å². The highest BCUT2D eigenvalue weighted by Crippen LogP contribution is 2.21. The summed E-state index contributed by atoms with van der Waals surface area (Å²) in [6.07, 6.45) is 1.23. The van der Waals surface area contributed by atoms with E-state index in [2.05, 4.69) is 56.5 Å². The molecule has 0 radical (unpaired) electrons. The third kappa shape index (κ3) is 3.12. The van der Waals surface area contributed by atoms with Gasteiger partial charge in [-0.25, -0.2) is 0 Å². The van der Waals surface area contributed by atoms with Crippen LogP contribution in [0.2, 0.25) is 0 Å². The molecule has 2 nitrogen and oxygen atoms in total. The van der Waals surface area contributed by atoms with Gasteiger partial charge in [0.15, 0.2) is 0 Å². The molecule has 1 saturated heterocycles. The van der Waals surface area contributed by atoms with E-state index in [-0.39, 0.29) is 0 Å². The van der Waals surface area contributed by atoms with Crippen molar-refractivity contribution in [3.05, 3.63) is 34.9 Å². The van der Waals surface area contributed by atoms with Crippen molar-refractivity contribution in [3.8, 4) is 0 Å². The first-order valence-electron chi connectivity index (χ1n) is 7.12. The van der Waals surface area contributed by atoms with Gasteiger partial charge in [-0.05, 0) is 57.3 Å². The fourth-order valence-corrected chi connectivity index (χ4v) is 2.98. The lowest BCUT2D eigenvalue weighted by Gasteiger charge is -2.33. The highest BCUT2D eigenvalue weighted by molar-refractivity contribution is 5.32. The summed E-state index contributed by atoms with van der Waals surface area (Å²) in [5.41, 5.74) is 4.18. The van der Waals surface area contributed by atoms with Gasteiger partial charge >= 0.3 is 0 Å². The molecule has 1 aromatic carbocycles. The van der Waals surface area contributed by atoms with E-state index >= 15 is 0 Å². The number of hydrogen-bond donors (Lipinski definition) is 2. The predicted octanol–water partition coefficient (Wildman–Crippen LogP) is 2.95. The Labute approximate surface area is 111 Å². The number of aryl methyl sites for hydroxylation is 2. The monoisotopic (exact) mass is 246 g/mol. The Morgan fingerprint density at radius 2 is 2.11 bits per heavy atom. The fraction of sp³-hybridized carbons (Fsp3) is 0.625. The van der Waals surface area contributed by atoms with E-state index in [0.717, 1.165) is 13.1 Å². The maximum Gasteiger partial charge on any atom is 0.0297 e. The third-order valence-corrected chi connectivity index (χ3v) is 4.14. The van der Waals surface area contributed by atoms with Crippen LogP contribution in [0.15, 0.2) is 18.2 Å². The van der Waals surface area contributed by atoms with Crippen LogP contribution in [0.1, 0.15) is 43.0 Å². The van der Waals surface area contributed by atoms with Crippen LogP contribution in [-0.4, -0.2) is 19.1 Å². The first-order chi connectivity index (χ1) is 8.58. The lowest BCUT2D eigenvalue weighted by molar-refractivity contribution is 0.278. The summed E-state index contributed by atoms with van der Waals surface area (Å²) in [5, 5.41) is 7.26. The highest BCUT2D eigenvalue weighted by atomic mass is 15.0. The summed E-state index contributed by atoms with van der Waals surface area (Å²) in [5.74, 6) is 0.715. The molecule has 1 aliphatic heterocycles. The molecule has 2 heteroatoms. The second-order valence-electron chi connectivity index (χ2n) is 5.82. The van der Waals surface area contributed by atoms with Gasteiger partial charge in [-0.1, -0.05) is 30.7 Å². The topological polar surface area (TPSA) is 24.1 Å². The molecule has 0 spiro atoms. The molecule has 0 aliphatic carbocycles. The van der Waals surface area contributed by atoms with Crippen molar-refractivity contribution >= 4 is 0 Å². The molecule has 2 rings (SSSR count). The Morgan fingerprint density at radius 3 is 2.78 bits per heavy atom. The van der Waals surface area contributed by atoms with Crippen LogP contribution in [-0.2, 0) is 0 Å². The third-order valence-electron chi connectivity index (χ3n) is 4.14. The Morgan fingerprint density at radius 1 is 1.33 bits per heavy atom. The standard InChI is InChI=1S/C16H26N2/c1-11-5-6-15(12(2)9-11)14(4)18-16-7-8-17-10-13(16)3/h5-6,9,13-14,16-18H,7-8,10H2,1-4H3. The minimum absolute atomic E-state index is 0.441. The normalized spacial score (nSPS) is 26.0. The molecule has 3 unspecified atom stereocenters. The molecule has 18 heavy (non-hydrogen) atoms. The number of nitrogens with one attached hydrogen (secondary N) is 2. The van der Waals surface area contributed by atoms with Gasteiger partial charge in [-0.3, -0.25) is 0 Å². The van der Waals surface area contributed by atoms with Crippen molar-refractivity contribution in [1.82, 2.24) is 10.6 Å². The summed E-state index contributed by atoms with van der Waals surface area (Å²) in [6.45, 7) is 11.3. The Bertz CT molecular complexity index is 400.